The first-order valence-corrected chi connectivity index (χ1v) is 5.83. The molecule has 1 unspecified atom stereocenters. The largest absolute Gasteiger partial charge is 0.322 e. The second-order valence-electron chi connectivity index (χ2n) is 4.34. The molecule has 0 aliphatic heterocycles. The average Bonchev–Trinajstić information content (AvgIpc) is 2.36. The number of hydrogen-bond donors (Lipinski definition) is 1. The zero-order valence-corrected chi connectivity index (χ0v) is 11.1. The molecule has 2 N–H and O–H groups in total. The number of fused-ring (bicyclic) bond motifs is 1. The van der Waals surface area contributed by atoms with Crippen molar-refractivity contribution in [2.45, 2.75) is 26.3 Å². The molecular weight excluding hydrogens is 232 g/mol. The lowest BCUT2D eigenvalue weighted by molar-refractivity contribution is 0.449. The second-order valence-corrected chi connectivity index (χ2v) is 4.34. The van der Waals surface area contributed by atoms with Crippen LogP contribution in [-0.4, -0.2) is 4.98 Å². The highest BCUT2D eigenvalue weighted by Gasteiger charge is 2.14. The fourth-order valence-electron chi connectivity index (χ4n) is 1.81. The minimum atomic E-state index is 0. The molecule has 3 heteroatoms. The van der Waals surface area contributed by atoms with E-state index in [9.17, 15) is 0 Å². The number of para-hydroxylation sites is 1. The van der Waals surface area contributed by atoms with E-state index >= 15 is 0 Å². The summed E-state index contributed by atoms with van der Waals surface area (Å²) in [4.78, 5) is 4.62. The Bertz CT molecular complexity index is 484. The number of halogens is 1. The van der Waals surface area contributed by atoms with Gasteiger partial charge in [-0.3, -0.25) is 4.98 Å². The Hall–Kier alpha value is -1.12. The van der Waals surface area contributed by atoms with Crippen molar-refractivity contribution in [3.63, 3.8) is 0 Å². The van der Waals surface area contributed by atoms with Gasteiger partial charge in [0, 0.05) is 11.4 Å². The van der Waals surface area contributed by atoms with Crippen molar-refractivity contribution in [2.24, 2.45) is 11.7 Å². The third-order valence-electron chi connectivity index (χ3n) is 3.22. The molecule has 0 saturated heterocycles. The van der Waals surface area contributed by atoms with Crippen LogP contribution in [0, 0.1) is 5.92 Å². The van der Waals surface area contributed by atoms with Crippen molar-refractivity contribution in [2.75, 3.05) is 0 Å². The number of rotatable bonds is 3. The standard InChI is InChI=1S/C14H18N2.ClH/c1-3-10(2)14(15)13-9-8-11-6-4-5-7-12(11)16-13;/h4-10,14H,3,15H2,1-2H3;1H/t10?,14-;/m1./s1. The summed E-state index contributed by atoms with van der Waals surface area (Å²) in [6.45, 7) is 4.33. The first kappa shape index (κ1) is 13.9. The number of pyridine rings is 1. The molecule has 0 aliphatic carbocycles. The van der Waals surface area contributed by atoms with Crippen LogP contribution in [-0.2, 0) is 0 Å². The smallest absolute Gasteiger partial charge is 0.0706 e. The maximum Gasteiger partial charge on any atom is 0.0706 e. The highest BCUT2D eigenvalue weighted by atomic mass is 35.5. The van der Waals surface area contributed by atoms with Gasteiger partial charge in [0.25, 0.3) is 0 Å². The van der Waals surface area contributed by atoms with Gasteiger partial charge in [-0.25, -0.2) is 0 Å². The van der Waals surface area contributed by atoms with Crippen LogP contribution in [0.3, 0.4) is 0 Å². The number of nitrogens with zero attached hydrogens (tertiary/aromatic N) is 1. The minimum absolute atomic E-state index is 0. The van der Waals surface area contributed by atoms with Gasteiger partial charge in [-0.15, -0.1) is 12.4 Å². The molecule has 0 amide bonds. The fraction of sp³-hybridized carbons (Fsp3) is 0.357. The fourth-order valence-corrected chi connectivity index (χ4v) is 1.81. The molecule has 1 aromatic heterocycles. The van der Waals surface area contributed by atoms with E-state index in [2.05, 4.69) is 31.0 Å². The minimum Gasteiger partial charge on any atom is -0.322 e. The molecule has 0 radical (unpaired) electrons. The summed E-state index contributed by atoms with van der Waals surface area (Å²) in [5.74, 6) is 0.466. The van der Waals surface area contributed by atoms with E-state index < -0.39 is 0 Å². The van der Waals surface area contributed by atoms with Gasteiger partial charge >= 0.3 is 0 Å². The second kappa shape index (κ2) is 5.99. The van der Waals surface area contributed by atoms with E-state index in [4.69, 9.17) is 5.73 Å². The Kier molecular flexibility index (Phi) is 4.91. The van der Waals surface area contributed by atoms with E-state index in [1.54, 1.807) is 0 Å². The lowest BCUT2D eigenvalue weighted by atomic mass is 9.96. The Balaban J connectivity index is 0.00000144. The molecule has 2 aromatic rings. The van der Waals surface area contributed by atoms with Crippen molar-refractivity contribution in [3.8, 4) is 0 Å². The molecule has 2 nitrogen and oxygen atoms in total. The molecule has 0 saturated carbocycles. The Morgan fingerprint density at radius 1 is 1.18 bits per heavy atom. The van der Waals surface area contributed by atoms with Crippen molar-refractivity contribution in [1.29, 1.82) is 0 Å². The molecule has 2 rings (SSSR count). The molecule has 0 bridgehead atoms. The van der Waals surface area contributed by atoms with Gasteiger partial charge in [0.05, 0.1) is 11.2 Å². The summed E-state index contributed by atoms with van der Waals surface area (Å²) in [5.41, 5.74) is 8.20. The van der Waals surface area contributed by atoms with Gasteiger partial charge in [-0.2, -0.15) is 0 Å². The molecule has 17 heavy (non-hydrogen) atoms. The maximum absolute atomic E-state index is 6.18. The summed E-state index contributed by atoms with van der Waals surface area (Å²) in [6, 6.07) is 12.3. The number of nitrogens with two attached hydrogens (primary N) is 1. The van der Waals surface area contributed by atoms with Crippen LogP contribution in [0.4, 0.5) is 0 Å². The molecule has 92 valence electrons. The summed E-state index contributed by atoms with van der Waals surface area (Å²) >= 11 is 0. The molecule has 2 atom stereocenters. The van der Waals surface area contributed by atoms with E-state index in [1.165, 1.54) is 5.39 Å². The van der Waals surface area contributed by atoms with Crippen molar-refractivity contribution >= 4 is 23.3 Å². The van der Waals surface area contributed by atoms with E-state index in [-0.39, 0.29) is 18.4 Å². The van der Waals surface area contributed by atoms with Crippen molar-refractivity contribution in [3.05, 3.63) is 42.1 Å². The van der Waals surface area contributed by atoms with Crippen molar-refractivity contribution < 1.29 is 0 Å². The lowest BCUT2D eigenvalue weighted by Crippen LogP contribution is -2.19. The Morgan fingerprint density at radius 2 is 1.88 bits per heavy atom. The van der Waals surface area contributed by atoms with Crippen LogP contribution in [0.25, 0.3) is 10.9 Å². The molecule has 0 fully saturated rings. The zero-order valence-electron chi connectivity index (χ0n) is 10.3. The van der Waals surface area contributed by atoms with Gasteiger partial charge in [0.1, 0.15) is 0 Å². The summed E-state index contributed by atoms with van der Waals surface area (Å²) < 4.78 is 0. The number of aromatic nitrogens is 1. The first-order chi connectivity index (χ1) is 7.72. The van der Waals surface area contributed by atoms with Gasteiger partial charge in [0.15, 0.2) is 0 Å². The summed E-state index contributed by atoms with van der Waals surface area (Å²) in [6.07, 6.45) is 1.08. The predicted octanol–water partition coefficient (Wildman–Crippen LogP) is 3.70. The average molecular weight is 251 g/mol. The highest BCUT2D eigenvalue weighted by molar-refractivity contribution is 5.85. The van der Waals surface area contributed by atoms with Crippen LogP contribution >= 0.6 is 12.4 Å². The molecular formula is C14H19ClN2. The first-order valence-electron chi connectivity index (χ1n) is 5.83. The molecule has 1 aromatic carbocycles. The van der Waals surface area contributed by atoms with Crippen LogP contribution in [0.2, 0.25) is 0 Å². The maximum atomic E-state index is 6.18. The molecule has 0 aliphatic rings. The van der Waals surface area contributed by atoms with Gasteiger partial charge < -0.3 is 5.73 Å². The van der Waals surface area contributed by atoms with Gasteiger partial charge in [-0.05, 0) is 18.1 Å². The quantitative estimate of drug-likeness (QED) is 0.902. The van der Waals surface area contributed by atoms with Crippen molar-refractivity contribution in [1.82, 2.24) is 4.98 Å². The number of benzene rings is 1. The van der Waals surface area contributed by atoms with Gasteiger partial charge in [0.2, 0.25) is 0 Å². The van der Waals surface area contributed by atoms with E-state index in [0.717, 1.165) is 17.6 Å². The highest BCUT2D eigenvalue weighted by Crippen LogP contribution is 2.22. The monoisotopic (exact) mass is 250 g/mol. The normalized spacial score (nSPS) is 14.1. The third kappa shape index (κ3) is 2.96. The molecule has 1 heterocycles. The van der Waals surface area contributed by atoms with E-state index in [1.807, 2.05) is 24.3 Å². The van der Waals surface area contributed by atoms with Crippen LogP contribution in [0.5, 0.6) is 0 Å². The Labute approximate surface area is 109 Å². The van der Waals surface area contributed by atoms with Crippen LogP contribution in [0.15, 0.2) is 36.4 Å². The summed E-state index contributed by atoms with van der Waals surface area (Å²) in [5, 5.41) is 1.17. The van der Waals surface area contributed by atoms with Gasteiger partial charge in [-0.1, -0.05) is 44.5 Å². The Morgan fingerprint density at radius 3 is 2.59 bits per heavy atom. The third-order valence-corrected chi connectivity index (χ3v) is 3.22. The van der Waals surface area contributed by atoms with E-state index in [0.29, 0.717) is 5.92 Å². The zero-order chi connectivity index (χ0) is 11.5. The van der Waals surface area contributed by atoms with Crippen LogP contribution < -0.4 is 5.73 Å². The predicted molar refractivity (Wildman–Crippen MR) is 75.4 cm³/mol. The SMILES string of the molecule is CCC(C)[C@@H](N)c1ccc2ccccc2n1.Cl. The topological polar surface area (TPSA) is 38.9 Å². The lowest BCUT2D eigenvalue weighted by Gasteiger charge is -2.17. The summed E-state index contributed by atoms with van der Waals surface area (Å²) in [7, 11) is 0. The van der Waals surface area contributed by atoms with Crippen LogP contribution in [0.1, 0.15) is 32.0 Å². The molecule has 0 spiro atoms. The number of hydrogen-bond acceptors (Lipinski definition) is 2.